The summed E-state index contributed by atoms with van der Waals surface area (Å²) in [5.41, 5.74) is 2.37. The molecule has 1 aromatic carbocycles. The number of nitrogens with zero attached hydrogens (tertiary/aromatic N) is 1. The van der Waals surface area contributed by atoms with Gasteiger partial charge in [0.15, 0.2) is 0 Å². The fourth-order valence-corrected chi connectivity index (χ4v) is 2.69. The highest BCUT2D eigenvalue weighted by Gasteiger charge is 2.27. The number of nitrogens with one attached hydrogen (secondary N) is 1. The van der Waals surface area contributed by atoms with E-state index in [1.807, 2.05) is 24.3 Å². The maximum atomic E-state index is 9.00. The fraction of sp³-hybridized carbons (Fsp3) is 0.533. The number of hydrogen-bond acceptors (Lipinski definition) is 2. The zero-order valence-corrected chi connectivity index (χ0v) is 10.5. The lowest BCUT2D eigenvalue weighted by Gasteiger charge is -2.23. The first-order valence-electron chi connectivity index (χ1n) is 6.42. The van der Waals surface area contributed by atoms with Crippen LogP contribution in [0.2, 0.25) is 0 Å². The van der Waals surface area contributed by atoms with Crippen LogP contribution in [0.15, 0.2) is 24.3 Å². The van der Waals surface area contributed by atoms with Crippen molar-refractivity contribution in [3.8, 4) is 6.07 Å². The smallest absolute Gasteiger partial charge is 0.0995 e. The second-order valence-corrected chi connectivity index (χ2v) is 5.39. The Bertz CT molecular complexity index is 411. The molecule has 1 fully saturated rings. The summed E-state index contributed by atoms with van der Waals surface area (Å²) in [6.45, 7) is 4.23. The van der Waals surface area contributed by atoms with Gasteiger partial charge in [0.25, 0.3) is 0 Å². The van der Waals surface area contributed by atoms with Crippen LogP contribution in [0.3, 0.4) is 0 Å². The zero-order valence-electron chi connectivity index (χ0n) is 10.5. The summed E-state index contributed by atoms with van der Waals surface area (Å²) in [6.07, 6.45) is 5.40. The van der Waals surface area contributed by atoms with Crippen LogP contribution in [0.5, 0.6) is 0 Å². The highest BCUT2D eigenvalue weighted by atomic mass is 14.9. The van der Waals surface area contributed by atoms with Crippen molar-refractivity contribution in [2.75, 3.05) is 6.54 Å². The molecule has 90 valence electrons. The third-order valence-electron chi connectivity index (χ3n) is 3.82. The van der Waals surface area contributed by atoms with Gasteiger partial charge in [-0.2, -0.15) is 5.26 Å². The van der Waals surface area contributed by atoms with E-state index in [1.54, 1.807) is 0 Å². The lowest BCUT2D eigenvalue weighted by molar-refractivity contribution is 0.314. The quantitative estimate of drug-likeness (QED) is 0.858. The van der Waals surface area contributed by atoms with Crippen molar-refractivity contribution >= 4 is 0 Å². The van der Waals surface area contributed by atoms with Gasteiger partial charge in [-0.1, -0.05) is 38.0 Å². The summed E-state index contributed by atoms with van der Waals surface area (Å²) < 4.78 is 0. The van der Waals surface area contributed by atoms with Crippen LogP contribution < -0.4 is 5.32 Å². The monoisotopic (exact) mass is 228 g/mol. The SMILES string of the molecule is CC1(CNCc2ccccc2C#N)CCCC1. The average Bonchev–Trinajstić information content (AvgIpc) is 2.77. The number of hydrogen-bond donors (Lipinski definition) is 1. The standard InChI is InChI=1S/C15H20N2/c1-15(8-4-5-9-15)12-17-11-14-7-3-2-6-13(14)10-16/h2-3,6-7,17H,4-5,8-9,11-12H2,1H3. The second kappa shape index (κ2) is 5.33. The van der Waals surface area contributed by atoms with E-state index in [9.17, 15) is 0 Å². The van der Waals surface area contributed by atoms with Gasteiger partial charge in [0.2, 0.25) is 0 Å². The van der Waals surface area contributed by atoms with E-state index in [0.29, 0.717) is 5.41 Å². The average molecular weight is 228 g/mol. The van der Waals surface area contributed by atoms with Crippen LogP contribution in [-0.2, 0) is 6.54 Å². The summed E-state index contributed by atoms with van der Waals surface area (Å²) in [6, 6.07) is 10.1. The Balaban J connectivity index is 1.88. The van der Waals surface area contributed by atoms with Crippen LogP contribution in [-0.4, -0.2) is 6.54 Å². The molecule has 0 unspecified atom stereocenters. The Labute approximate surface area is 104 Å². The normalized spacial score (nSPS) is 17.9. The lowest BCUT2D eigenvalue weighted by atomic mass is 9.89. The first-order valence-corrected chi connectivity index (χ1v) is 6.42. The van der Waals surface area contributed by atoms with Gasteiger partial charge in [-0.25, -0.2) is 0 Å². The summed E-state index contributed by atoms with van der Waals surface area (Å²) in [5, 5.41) is 12.5. The minimum atomic E-state index is 0.474. The molecule has 2 heteroatoms. The minimum Gasteiger partial charge on any atom is -0.312 e. The molecule has 0 saturated heterocycles. The van der Waals surface area contributed by atoms with Gasteiger partial charge in [0.05, 0.1) is 11.6 Å². The van der Waals surface area contributed by atoms with Crippen molar-refractivity contribution in [2.45, 2.75) is 39.2 Å². The molecule has 2 rings (SSSR count). The molecule has 1 aliphatic carbocycles. The van der Waals surface area contributed by atoms with Gasteiger partial charge in [-0.15, -0.1) is 0 Å². The van der Waals surface area contributed by atoms with Gasteiger partial charge < -0.3 is 5.32 Å². The number of nitriles is 1. The molecule has 0 bridgehead atoms. The largest absolute Gasteiger partial charge is 0.312 e. The van der Waals surface area contributed by atoms with Crippen LogP contribution in [0.25, 0.3) is 0 Å². The molecule has 0 atom stereocenters. The predicted octanol–water partition coefficient (Wildman–Crippen LogP) is 3.23. The molecule has 0 aliphatic heterocycles. The van der Waals surface area contributed by atoms with E-state index in [1.165, 1.54) is 25.7 Å². The van der Waals surface area contributed by atoms with E-state index < -0.39 is 0 Å². The van der Waals surface area contributed by atoms with Gasteiger partial charge >= 0.3 is 0 Å². The Hall–Kier alpha value is -1.33. The van der Waals surface area contributed by atoms with Crippen molar-refractivity contribution in [3.63, 3.8) is 0 Å². The molecule has 1 aliphatic rings. The maximum absolute atomic E-state index is 9.00. The molecule has 0 amide bonds. The summed E-state index contributed by atoms with van der Waals surface area (Å²) >= 11 is 0. The second-order valence-electron chi connectivity index (χ2n) is 5.39. The Morgan fingerprint density at radius 1 is 1.29 bits per heavy atom. The maximum Gasteiger partial charge on any atom is 0.0995 e. The summed E-state index contributed by atoms with van der Waals surface area (Å²) in [5.74, 6) is 0. The molecular formula is C15H20N2. The van der Waals surface area contributed by atoms with Crippen molar-refractivity contribution in [1.82, 2.24) is 5.32 Å². The molecule has 17 heavy (non-hydrogen) atoms. The minimum absolute atomic E-state index is 0.474. The first kappa shape index (κ1) is 12.1. The highest BCUT2D eigenvalue weighted by molar-refractivity contribution is 5.37. The van der Waals surface area contributed by atoms with Crippen molar-refractivity contribution in [3.05, 3.63) is 35.4 Å². The molecule has 1 aromatic rings. The zero-order chi connectivity index (χ0) is 12.1. The van der Waals surface area contributed by atoms with Crippen molar-refractivity contribution in [2.24, 2.45) is 5.41 Å². The van der Waals surface area contributed by atoms with Crippen LogP contribution in [0, 0.1) is 16.7 Å². The fourth-order valence-electron chi connectivity index (χ4n) is 2.69. The van der Waals surface area contributed by atoms with Gasteiger partial charge in [-0.3, -0.25) is 0 Å². The van der Waals surface area contributed by atoms with E-state index >= 15 is 0 Å². The molecule has 0 radical (unpaired) electrons. The number of benzene rings is 1. The first-order chi connectivity index (χ1) is 8.23. The lowest BCUT2D eigenvalue weighted by Crippen LogP contribution is -2.29. The van der Waals surface area contributed by atoms with Crippen LogP contribution in [0.4, 0.5) is 0 Å². The van der Waals surface area contributed by atoms with E-state index in [0.717, 1.165) is 24.2 Å². The third kappa shape index (κ3) is 3.08. The molecule has 0 aromatic heterocycles. The van der Waals surface area contributed by atoms with Gasteiger partial charge in [-0.05, 0) is 29.9 Å². The molecular weight excluding hydrogens is 208 g/mol. The van der Waals surface area contributed by atoms with E-state index in [2.05, 4.69) is 18.3 Å². The Morgan fingerprint density at radius 3 is 2.71 bits per heavy atom. The van der Waals surface area contributed by atoms with Crippen LogP contribution >= 0.6 is 0 Å². The van der Waals surface area contributed by atoms with Gasteiger partial charge in [0, 0.05) is 13.1 Å². The number of rotatable bonds is 4. The molecule has 2 nitrogen and oxygen atoms in total. The highest BCUT2D eigenvalue weighted by Crippen LogP contribution is 2.36. The molecule has 1 N–H and O–H groups in total. The van der Waals surface area contributed by atoms with Crippen molar-refractivity contribution < 1.29 is 0 Å². The van der Waals surface area contributed by atoms with Crippen LogP contribution in [0.1, 0.15) is 43.7 Å². The van der Waals surface area contributed by atoms with Gasteiger partial charge in [0.1, 0.15) is 0 Å². The third-order valence-corrected chi connectivity index (χ3v) is 3.82. The van der Waals surface area contributed by atoms with Crippen molar-refractivity contribution in [1.29, 1.82) is 5.26 Å². The summed E-state index contributed by atoms with van der Waals surface area (Å²) in [7, 11) is 0. The topological polar surface area (TPSA) is 35.8 Å². The molecule has 1 saturated carbocycles. The Morgan fingerprint density at radius 2 is 2.00 bits per heavy atom. The van der Waals surface area contributed by atoms with E-state index in [4.69, 9.17) is 5.26 Å². The summed E-state index contributed by atoms with van der Waals surface area (Å²) in [4.78, 5) is 0. The predicted molar refractivity (Wildman–Crippen MR) is 69.4 cm³/mol. The Kier molecular flexibility index (Phi) is 3.81. The molecule has 0 heterocycles. The van der Waals surface area contributed by atoms with E-state index in [-0.39, 0.29) is 0 Å². The molecule has 0 spiro atoms.